The molecule has 9 heteroatoms. The normalized spacial score (nSPS) is 10.6. The van der Waals surface area contributed by atoms with Gasteiger partial charge in [0.05, 0.1) is 58.9 Å². The van der Waals surface area contributed by atoms with Crippen molar-refractivity contribution in [2.75, 3.05) is 24.9 Å². The van der Waals surface area contributed by atoms with Crippen molar-refractivity contribution in [1.82, 2.24) is 4.98 Å². The van der Waals surface area contributed by atoms with Crippen LogP contribution in [-0.4, -0.2) is 19.2 Å². The quantitative estimate of drug-likeness (QED) is 0.246. The van der Waals surface area contributed by atoms with E-state index in [1.54, 1.807) is 62.8 Å². The Labute approximate surface area is 218 Å². The average molecular weight is 516 g/mol. The topological polar surface area (TPSA) is 103 Å². The van der Waals surface area contributed by atoms with Gasteiger partial charge in [0.15, 0.2) is 11.5 Å². The molecule has 36 heavy (non-hydrogen) atoms. The predicted molar refractivity (Wildman–Crippen MR) is 144 cm³/mol. The zero-order valence-corrected chi connectivity index (χ0v) is 20.8. The zero-order chi connectivity index (χ0) is 25.7. The molecule has 0 bridgehead atoms. The van der Waals surface area contributed by atoms with E-state index < -0.39 is 0 Å². The van der Waals surface area contributed by atoms with Gasteiger partial charge in [-0.3, -0.25) is 0 Å². The number of hydrogen-bond donors (Lipinski definition) is 2. The molecule has 0 saturated carbocycles. The first kappa shape index (κ1) is 24.7. The fourth-order valence-electron chi connectivity index (χ4n) is 3.57. The average Bonchev–Trinajstić information content (AvgIpc) is 2.89. The van der Waals surface area contributed by atoms with Gasteiger partial charge in [-0.25, -0.2) is 4.98 Å². The first-order chi connectivity index (χ1) is 17.4. The van der Waals surface area contributed by atoms with Crippen molar-refractivity contribution in [1.29, 1.82) is 10.5 Å². The summed E-state index contributed by atoms with van der Waals surface area (Å²) in [5.41, 5.74) is 3.82. The minimum atomic E-state index is 0.382. The smallest absolute Gasteiger partial charge is 0.162 e. The number of ether oxygens (including phenoxy) is 2. The molecule has 0 aliphatic rings. The molecule has 0 unspecified atom stereocenters. The molecule has 0 fully saturated rings. The molecule has 1 aromatic heterocycles. The molecule has 0 aliphatic carbocycles. The van der Waals surface area contributed by atoms with E-state index in [0.29, 0.717) is 55.4 Å². The Kier molecular flexibility index (Phi) is 7.46. The van der Waals surface area contributed by atoms with Crippen LogP contribution >= 0.6 is 23.2 Å². The summed E-state index contributed by atoms with van der Waals surface area (Å²) in [6.45, 7) is 0. The second-order valence-corrected chi connectivity index (χ2v) is 8.35. The number of halogens is 2. The van der Waals surface area contributed by atoms with Gasteiger partial charge in [-0.05, 0) is 54.1 Å². The van der Waals surface area contributed by atoms with Crippen LogP contribution < -0.4 is 20.1 Å². The molecular weight excluding hydrogens is 497 g/mol. The van der Waals surface area contributed by atoms with Crippen molar-refractivity contribution in [2.24, 2.45) is 0 Å². The number of fused-ring (bicyclic) bond motifs is 1. The summed E-state index contributed by atoms with van der Waals surface area (Å²) in [4.78, 5) is 4.73. The molecule has 0 amide bonds. The largest absolute Gasteiger partial charge is 0.493 e. The van der Waals surface area contributed by atoms with Gasteiger partial charge in [-0.15, -0.1) is 0 Å². The van der Waals surface area contributed by atoms with Crippen molar-refractivity contribution in [2.45, 2.75) is 0 Å². The summed E-state index contributed by atoms with van der Waals surface area (Å²) >= 11 is 13.1. The van der Waals surface area contributed by atoms with Crippen molar-refractivity contribution >= 4 is 63.1 Å². The van der Waals surface area contributed by atoms with Crippen LogP contribution in [0.15, 0.2) is 60.7 Å². The third-order valence-electron chi connectivity index (χ3n) is 5.27. The van der Waals surface area contributed by atoms with E-state index in [-0.39, 0.29) is 0 Å². The van der Waals surface area contributed by atoms with E-state index in [1.807, 2.05) is 18.2 Å². The Morgan fingerprint density at radius 1 is 0.889 bits per heavy atom. The van der Waals surface area contributed by atoms with Gasteiger partial charge in [0.25, 0.3) is 0 Å². The number of anilines is 4. The lowest BCUT2D eigenvalue weighted by molar-refractivity contribution is 0.356. The Balaban J connectivity index is 1.83. The van der Waals surface area contributed by atoms with E-state index in [4.69, 9.17) is 48.2 Å². The van der Waals surface area contributed by atoms with Crippen molar-refractivity contribution in [3.8, 4) is 23.6 Å². The molecule has 2 N–H and O–H groups in total. The highest BCUT2D eigenvalue weighted by atomic mass is 35.5. The van der Waals surface area contributed by atoms with Crippen LogP contribution in [0.3, 0.4) is 0 Å². The Morgan fingerprint density at radius 3 is 2.17 bits per heavy atom. The predicted octanol–water partition coefficient (Wildman–Crippen LogP) is 7.45. The van der Waals surface area contributed by atoms with Crippen LogP contribution in [0.5, 0.6) is 11.5 Å². The van der Waals surface area contributed by atoms with Crippen LogP contribution in [-0.2, 0) is 0 Å². The number of nitrogens with zero attached hydrogens (tertiary/aromatic N) is 3. The molecule has 0 radical (unpaired) electrons. The maximum absolute atomic E-state index is 9.06. The summed E-state index contributed by atoms with van der Waals surface area (Å²) in [5.74, 6) is 1.61. The molecule has 0 aliphatic heterocycles. The number of nitriles is 2. The summed E-state index contributed by atoms with van der Waals surface area (Å²) in [6, 6.07) is 19.9. The van der Waals surface area contributed by atoms with Crippen molar-refractivity contribution in [3.05, 3.63) is 81.8 Å². The van der Waals surface area contributed by atoms with E-state index in [0.717, 1.165) is 11.1 Å². The molecule has 1 heterocycles. The van der Waals surface area contributed by atoms with Crippen LogP contribution in [0.1, 0.15) is 11.1 Å². The number of methoxy groups -OCH3 is 2. The summed E-state index contributed by atoms with van der Waals surface area (Å²) in [6.07, 6.45) is 2.98. The lowest BCUT2D eigenvalue weighted by Gasteiger charge is -2.17. The first-order valence-electron chi connectivity index (χ1n) is 10.6. The number of aromatic nitrogens is 1. The number of nitrogens with one attached hydrogen (secondary N) is 2. The fourth-order valence-corrected chi connectivity index (χ4v) is 4.17. The van der Waals surface area contributed by atoms with Gasteiger partial charge in [0.2, 0.25) is 0 Å². The van der Waals surface area contributed by atoms with Gasteiger partial charge in [0, 0.05) is 29.3 Å². The van der Waals surface area contributed by atoms with Crippen molar-refractivity contribution in [3.63, 3.8) is 0 Å². The van der Waals surface area contributed by atoms with Crippen LogP contribution in [0, 0.1) is 22.7 Å². The zero-order valence-electron chi connectivity index (χ0n) is 19.3. The van der Waals surface area contributed by atoms with E-state index in [1.165, 1.54) is 6.08 Å². The number of allylic oxidation sites excluding steroid dienone is 1. The molecular formula is C27H19Cl2N5O2. The van der Waals surface area contributed by atoms with E-state index in [2.05, 4.69) is 16.7 Å². The van der Waals surface area contributed by atoms with Gasteiger partial charge in [-0.1, -0.05) is 23.2 Å². The number of rotatable bonds is 7. The van der Waals surface area contributed by atoms with Crippen LogP contribution in [0.4, 0.5) is 22.9 Å². The van der Waals surface area contributed by atoms with Crippen LogP contribution in [0.25, 0.3) is 17.0 Å². The third kappa shape index (κ3) is 5.29. The number of pyridine rings is 1. The summed E-state index contributed by atoms with van der Waals surface area (Å²) in [5, 5.41) is 26.0. The van der Waals surface area contributed by atoms with Gasteiger partial charge in [0.1, 0.15) is 5.82 Å². The minimum absolute atomic E-state index is 0.382. The Hall–Kier alpha value is -4.43. The Morgan fingerprint density at radius 2 is 1.56 bits per heavy atom. The van der Waals surface area contributed by atoms with E-state index in [9.17, 15) is 0 Å². The lowest BCUT2D eigenvalue weighted by atomic mass is 10.1. The minimum Gasteiger partial charge on any atom is -0.493 e. The molecule has 178 valence electrons. The van der Waals surface area contributed by atoms with Crippen molar-refractivity contribution < 1.29 is 9.47 Å². The SMILES string of the molecule is COc1cc2nc(Nc3ccc(C#N)cc3)cc(Nc3c(Cl)cc(/C=C/C#N)cc3Cl)c2cc1OC. The molecule has 4 rings (SSSR count). The lowest BCUT2D eigenvalue weighted by Crippen LogP contribution is -2.00. The highest BCUT2D eigenvalue weighted by molar-refractivity contribution is 6.39. The third-order valence-corrected chi connectivity index (χ3v) is 5.87. The van der Waals surface area contributed by atoms with Gasteiger partial charge in [-0.2, -0.15) is 10.5 Å². The highest BCUT2D eigenvalue weighted by Gasteiger charge is 2.15. The van der Waals surface area contributed by atoms with Gasteiger partial charge >= 0.3 is 0 Å². The molecule has 0 spiro atoms. The second kappa shape index (κ2) is 10.9. The molecule has 4 aromatic rings. The Bertz CT molecular complexity index is 1530. The number of benzene rings is 3. The van der Waals surface area contributed by atoms with E-state index >= 15 is 0 Å². The molecule has 3 aromatic carbocycles. The maximum Gasteiger partial charge on any atom is 0.162 e. The standard InChI is InChI=1S/C27H19Cl2N5O2/c1-35-24-12-19-22(13-25(24)36-2)33-26(32-18-7-5-16(15-31)6-8-18)14-23(19)34-27-20(28)10-17(4-3-9-30)11-21(27)29/h3-8,10-14H,1-2H3,(H2,32,33,34)/b4-3+. The molecule has 0 atom stereocenters. The summed E-state index contributed by atoms with van der Waals surface area (Å²) < 4.78 is 11.0. The fraction of sp³-hybridized carbons (Fsp3) is 0.0741. The first-order valence-corrected chi connectivity index (χ1v) is 11.4. The van der Waals surface area contributed by atoms with Crippen LogP contribution in [0.2, 0.25) is 10.0 Å². The monoisotopic (exact) mass is 515 g/mol. The highest BCUT2D eigenvalue weighted by Crippen LogP contribution is 2.40. The van der Waals surface area contributed by atoms with Gasteiger partial charge < -0.3 is 20.1 Å². The molecule has 7 nitrogen and oxygen atoms in total. The maximum atomic E-state index is 9.06. The number of hydrogen-bond acceptors (Lipinski definition) is 7. The molecule has 0 saturated heterocycles. The second-order valence-electron chi connectivity index (χ2n) is 7.54. The summed E-state index contributed by atoms with van der Waals surface area (Å²) in [7, 11) is 3.12.